The van der Waals surface area contributed by atoms with Crippen molar-refractivity contribution in [3.8, 4) is 5.75 Å². The fraction of sp³-hybridized carbons (Fsp3) is 0.222. The monoisotopic (exact) mass is 352 g/mol. The lowest BCUT2D eigenvalue weighted by Crippen LogP contribution is -2.02. The molecule has 3 aromatic rings. The van der Waals surface area contributed by atoms with Crippen molar-refractivity contribution >= 4 is 23.3 Å². The third-order valence-corrected chi connectivity index (χ3v) is 3.92. The smallest absolute Gasteiger partial charge is 0.159 e. The predicted molar refractivity (Wildman–Crippen MR) is 94.0 cm³/mol. The minimum atomic E-state index is -0.834. The van der Waals surface area contributed by atoms with Crippen LogP contribution in [0, 0.1) is 11.6 Å². The molecule has 0 amide bonds. The topological polar surface area (TPSA) is 40.2 Å². The standard InChI is InChI=1S/C18H18F2N2O.ClH/c1-23-14-3-5-18-15(9-14)13(6-7-21)11-22(18)10-12-2-4-16(19)17(20)8-12;/h2-5,8-9,11H,6-7,10,21H2,1H3;1H. The van der Waals surface area contributed by atoms with E-state index in [2.05, 4.69) is 0 Å². The predicted octanol–water partition coefficient (Wildman–Crippen LogP) is 3.90. The number of nitrogens with two attached hydrogens (primary N) is 1. The van der Waals surface area contributed by atoms with Gasteiger partial charge in [-0.3, -0.25) is 0 Å². The number of hydrogen-bond acceptors (Lipinski definition) is 2. The van der Waals surface area contributed by atoms with Crippen molar-refractivity contribution in [1.29, 1.82) is 0 Å². The van der Waals surface area contributed by atoms with Crippen LogP contribution in [0.3, 0.4) is 0 Å². The zero-order valence-corrected chi connectivity index (χ0v) is 14.1. The van der Waals surface area contributed by atoms with Crippen molar-refractivity contribution in [2.75, 3.05) is 13.7 Å². The summed E-state index contributed by atoms with van der Waals surface area (Å²) in [6, 6.07) is 9.80. The maximum atomic E-state index is 13.4. The Kier molecular flexibility index (Phi) is 5.80. The Hall–Kier alpha value is -2.11. The molecule has 6 heteroatoms. The minimum Gasteiger partial charge on any atom is -0.497 e. The number of halogens is 3. The molecule has 3 nitrogen and oxygen atoms in total. The highest BCUT2D eigenvalue weighted by Crippen LogP contribution is 2.27. The van der Waals surface area contributed by atoms with Crippen molar-refractivity contribution in [2.45, 2.75) is 13.0 Å². The fourth-order valence-electron chi connectivity index (χ4n) is 2.80. The molecule has 0 unspecified atom stereocenters. The summed E-state index contributed by atoms with van der Waals surface area (Å²) in [5, 5.41) is 1.07. The van der Waals surface area contributed by atoms with Crippen LogP contribution in [0.5, 0.6) is 5.75 Å². The quantitative estimate of drug-likeness (QED) is 0.756. The van der Waals surface area contributed by atoms with E-state index in [4.69, 9.17) is 10.5 Å². The van der Waals surface area contributed by atoms with Gasteiger partial charge in [-0.2, -0.15) is 0 Å². The van der Waals surface area contributed by atoms with Gasteiger partial charge in [-0.15, -0.1) is 12.4 Å². The highest BCUT2D eigenvalue weighted by Gasteiger charge is 2.11. The minimum absolute atomic E-state index is 0. The molecule has 1 aromatic heterocycles. The maximum absolute atomic E-state index is 13.4. The second-order valence-electron chi connectivity index (χ2n) is 5.45. The molecule has 24 heavy (non-hydrogen) atoms. The first kappa shape index (κ1) is 18.2. The molecule has 1 heterocycles. The van der Waals surface area contributed by atoms with Gasteiger partial charge in [0.2, 0.25) is 0 Å². The van der Waals surface area contributed by atoms with Gasteiger partial charge < -0.3 is 15.0 Å². The Balaban J connectivity index is 0.00000208. The van der Waals surface area contributed by atoms with Crippen LogP contribution in [-0.4, -0.2) is 18.2 Å². The highest BCUT2D eigenvalue weighted by atomic mass is 35.5. The number of methoxy groups -OCH3 is 1. The lowest BCUT2D eigenvalue weighted by atomic mass is 10.1. The van der Waals surface area contributed by atoms with E-state index in [0.717, 1.165) is 34.7 Å². The van der Waals surface area contributed by atoms with E-state index in [1.165, 1.54) is 6.07 Å². The first-order chi connectivity index (χ1) is 11.1. The highest BCUT2D eigenvalue weighted by molar-refractivity contribution is 5.86. The molecule has 128 valence electrons. The molecule has 0 spiro atoms. The molecule has 2 aromatic carbocycles. The first-order valence-corrected chi connectivity index (χ1v) is 7.42. The lowest BCUT2D eigenvalue weighted by molar-refractivity contribution is 0.415. The molecule has 0 radical (unpaired) electrons. The van der Waals surface area contributed by atoms with Gasteiger partial charge in [-0.1, -0.05) is 6.07 Å². The first-order valence-electron chi connectivity index (χ1n) is 7.42. The van der Waals surface area contributed by atoms with E-state index < -0.39 is 11.6 Å². The number of fused-ring (bicyclic) bond motifs is 1. The molecule has 0 aliphatic carbocycles. The average Bonchev–Trinajstić information content (AvgIpc) is 2.88. The van der Waals surface area contributed by atoms with Crippen LogP contribution < -0.4 is 10.5 Å². The number of ether oxygens (including phenoxy) is 1. The Morgan fingerprint density at radius 1 is 1.08 bits per heavy atom. The molecule has 0 fully saturated rings. The number of benzene rings is 2. The average molecular weight is 353 g/mol. The fourth-order valence-corrected chi connectivity index (χ4v) is 2.80. The van der Waals surface area contributed by atoms with Gasteiger partial charge in [0.15, 0.2) is 11.6 Å². The second-order valence-corrected chi connectivity index (χ2v) is 5.45. The van der Waals surface area contributed by atoms with E-state index in [1.54, 1.807) is 13.2 Å². The third kappa shape index (κ3) is 3.52. The molecule has 0 saturated carbocycles. The molecule has 0 atom stereocenters. The normalized spacial score (nSPS) is 10.7. The second kappa shape index (κ2) is 7.64. The molecular formula is C18H19ClF2N2O. The molecule has 0 aliphatic heterocycles. The molecule has 0 aliphatic rings. The number of nitrogens with zero attached hydrogens (tertiary/aromatic N) is 1. The van der Waals surface area contributed by atoms with Crippen LogP contribution in [0.1, 0.15) is 11.1 Å². The molecule has 0 saturated heterocycles. The van der Waals surface area contributed by atoms with Crippen molar-refractivity contribution < 1.29 is 13.5 Å². The Morgan fingerprint density at radius 3 is 2.54 bits per heavy atom. The summed E-state index contributed by atoms with van der Waals surface area (Å²) in [5.74, 6) is -0.885. The number of hydrogen-bond donors (Lipinski definition) is 1. The molecule has 3 rings (SSSR count). The summed E-state index contributed by atoms with van der Waals surface area (Å²) in [7, 11) is 1.63. The summed E-state index contributed by atoms with van der Waals surface area (Å²) in [6.45, 7) is 1.01. The van der Waals surface area contributed by atoms with Gasteiger partial charge in [-0.05, 0) is 54.4 Å². The molecule has 0 bridgehead atoms. The van der Waals surface area contributed by atoms with Gasteiger partial charge in [0.25, 0.3) is 0 Å². The van der Waals surface area contributed by atoms with Crippen LogP contribution >= 0.6 is 12.4 Å². The van der Waals surface area contributed by atoms with Crippen LogP contribution in [0.25, 0.3) is 10.9 Å². The largest absolute Gasteiger partial charge is 0.497 e. The summed E-state index contributed by atoms with van der Waals surface area (Å²) < 4.78 is 33.8. The van der Waals surface area contributed by atoms with E-state index in [-0.39, 0.29) is 12.4 Å². The Morgan fingerprint density at radius 2 is 1.88 bits per heavy atom. The van der Waals surface area contributed by atoms with Gasteiger partial charge in [0, 0.05) is 23.6 Å². The summed E-state index contributed by atoms with van der Waals surface area (Å²) in [5.41, 5.74) is 8.52. The maximum Gasteiger partial charge on any atom is 0.159 e. The lowest BCUT2D eigenvalue weighted by Gasteiger charge is -2.07. The van der Waals surface area contributed by atoms with E-state index in [9.17, 15) is 8.78 Å². The summed E-state index contributed by atoms with van der Waals surface area (Å²) in [4.78, 5) is 0. The SMILES string of the molecule is COc1ccc2c(c1)c(CCN)cn2Cc1ccc(F)c(F)c1.Cl. The van der Waals surface area contributed by atoms with Crippen molar-refractivity contribution in [2.24, 2.45) is 5.73 Å². The molecular weight excluding hydrogens is 334 g/mol. The van der Waals surface area contributed by atoms with Crippen LogP contribution in [0.15, 0.2) is 42.6 Å². The summed E-state index contributed by atoms with van der Waals surface area (Å²) in [6.07, 6.45) is 2.76. The van der Waals surface area contributed by atoms with Crippen LogP contribution in [0.2, 0.25) is 0 Å². The Labute approximate surface area is 145 Å². The van der Waals surface area contributed by atoms with Gasteiger partial charge in [-0.25, -0.2) is 8.78 Å². The van der Waals surface area contributed by atoms with Gasteiger partial charge >= 0.3 is 0 Å². The van der Waals surface area contributed by atoms with Crippen molar-refractivity contribution in [3.63, 3.8) is 0 Å². The van der Waals surface area contributed by atoms with Gasteiger partial charge in [0.1, 0.15) is 5.75 Å². The van der Waals surface area contributed by atoms with Crippen molar-refractivity contribution in [3.05, 3.63) is 65.4 Å². The van der Waals surface area contributed by atoms with Crippen molar-refractivity contribution in [1.82, 2.24) is 4.57 Å². The zero-order chi connectivity index (χ0) is 16.4. The molecule has 2 N–H and O–H groups in total. The van der Waals surface area contributed by atoms with Gasteiger partial charge in [0.05, 0.1) is 7.11 Å². The van der Waals surface area contributed by atoms with E-state index in [1.807, 2.05) is 29.0 Å². The number of rotatable bonds is 5. The number of aromatic nitrogens is 1. The van der Waals surface area contributed by atoms with E-state index >= 15 is 0 Å². The third-order valence-electron chi connectivity index (χ3n) is 3.92. The zero-order valence-electron chi connectivity index (χ0n) is 13.3. The Bertz CT molecular complexity index is 848. The van der Waals surface area contributed by atoms with E-state index in [0.29, 0.717) is 18.7 Å². The van der Waals surface area contributed by atoms with Crippen LogP contribution in [0.4, 0.5) is 8.78 Å². The summed E-state index contributed by atoms with van der Waals surface area (Å²) >= 11 is 0. The van der Waals surface area contributed by atoms with Crippen LogP contribution in [-0.2, 0) is 13.0 Å².